The molecule has 0 aromatic heterocycles. The largest absolute Gasteiger partial charge is 0.355 e. The first-order valence-corrected chi connectivity index (χ1v) is 6.95. The summed E-state index contributed by atoms with van der Waals surface area (Å²) in [7, 11) is -3.35. The minimum atomic E-state index is -3.35. The van der Waals surface area contributed by atoms with Crippen LogP contribution in [-0.2, 0) is 15.0 Å². The SMILES string of the molecule is CC(=O)NCCNS(=O)(=O)N1CCCCC1. The van der Waals surface area contributed by atoms with Gasteiger partial charge in [0.1, 0.15) is 0 Å². The molecule has 6 nitrogen and oxygen atoms in total. The van der Waals surface area contributed by atoms with Crippen LogP contribution in [0.5, 0.6) is 0 Å². The quantitative estimate of drug-likeness (QED) is 0.641. The molecule has 94 valence electrons. The van der Waals surface area contributed by atoms with E-state index in [2.05, 4.69) is 10.0 Å². The minimum absolute atomic E-state index is 0.155. The number of rotatable bonds is 5. The molecular weight excluding hydrogens is 230 g/mol. The van der Waals surface area contributed by atoms with Gasteiger partial charge in [-0.05, 0) is 12.8 Å². The lowest BCUT2D eigenvalue weighted by molar-refractivity contribution is -0.118. The lowest BCUT2D eigenvalue weighted by Gasteiger charge is -2.25. The fraction of sp³-hybridized carbons (Fsp3) is 0.889. The molecule has 7 heteroatoms. The Morgan fingerprint density at radius 3 is 2.38 bits per heavy atom. The van der Waals surface area contributed by atoms with Gasteiger partial charge in [0.15, 0.2) is 0 Å². The summed E-state index contributed by atoms with van der Waals surface area (Å²) in [6.45, 7) is 3.14. The Kier molecular flexibility index (Phi) is 5.17. The standard InChI is InChI=1S/C9H19N3O3S/c1-9(13)10-5-6-11-16(14,15)12-7-3-2-4-8-12/h11H,2-8H2,1H3,(H,10,13). The highest BCUT2D eigenvalue weighted by Gasteiger charge is 2.22. The third-order valence-electron chi connectivity index (χ3n) is 2.44. The van der Waals surface area contributed by atoms with Crippen molar-refractivity contribution in [3.63, 3.8) is 0 Å². The lowest BCUT2D eigenvalue weighted by Crippen LogP contribution is -2.45. The van der Waals surface area contributed by atoms with E-state index in [1.165, 1.54) is 11.2 Å². The Labute approximate surface area is 96.6 Å². The first-order chi connectivity index (χ1) is 7.52. The highest BCUT2D eigenvalue weighted by atomic mass is 32.2. The van der Waals surface area contributed by atoms with Crippen molar-refractivity contribution >= 4 is 16.1 Å². The zero-order chi connectivity index (χ0) is 12.0. The number of hydrogen-bond acceptors (Lipinski definition) is 3. The Bertz CT molecular complexity index is 323. The molecule has 0 aliphatic carbocycles. The van der Waals surface area contributed by atoms with Crippen LogP contribution in [0, 0.1) is 0 Å². The number of nitrogens with zero attached hydrogens (tertiary/aromatic N) is 1. The summed E-state index contributed by atoms with van der Waals surface area (Å²) < 4.78 is 27.4. The van der Waals surface area contributed by atoms with Gasteiger partial charge in [0.25, 0.3) is 10.2 Å². The molecular formula is C9H19N3O3S. The van der Waals surface area contributed by atoms with Gasteiger partial charge >= 0.3 is 0 Å². The molecule has 0 spiro atoms. The Balaban J connectivity index is 2.30. The summed E-state index contributed by atoms with van der Waals surface area (Å²) in [5, 5.41) is 2.54. The Hall–Kier alpha value is -0.660. The molecule has 1 aliphatic rings. The van der Waals surface area contributed by atoms with Crippen molar-refractivity contribution in [1.29, 1.82) is 0 Å². The van der Waals surface area contributed by atoms with Gasteiger partial charge in [0, 0.05) is 33.1 Å². The lowest BCUT2D eigenvalue weighted by atomic mass is 10.2. The first-order valence-electron chi connectivity index (χ1n) is 5.51. The third-order valence-corrected chi connectivity index (χ3v) is 4.05. The highest BCUT2D eigenvalue weighted by Crippen LogP contribution is 2.11. The van der Waals surface area contributed by atoms with Gasteiger partial charge in [-0.25, -0.2) is 4.72 Å². The molecule has 0 aromatic carbocycles. The van der Waals surface area contributed by atoms with Crippen LogP contribution in [0.1, 0.15) is 26.2 Å². The molecule has 1 saturated heterocycles. The van der Waals surface area contributed by atoms with Crippen LogP contribution in [0.25, 0.3) is 0 Å². The molecule has 0 aromatic rings. The first kappa shape index (κ1) is 13.4. The number of carbonyl (C=O) groups is 1. The monoisotopic (exact) mass is 249 g/mol. The molecule has 0 unspecified atom stereocenters. The molecule has 1 heterocycles. The summed E-state index contributed by atoms with van der Waals surface area (Å²) in [4.78, 5) is 10.6. The molecule has 0 saturated carbocycles. The summed E-state index contributed by atoms with van der Waals surface area (Å²) in [6, 6.07) is 0. The van der Waals surface area contributed by atoms with Crippen molar-refractivity contribution in [2.24, 2.45) is 0 Å². The molecule has 1 rings (SSSR count). The zero-order valence-corrected chi connectivity index (χ0v) is 10.3. The predicted molar refractivity (Wildman–Crippen MR) is 61.0 cm³/mol. The summed E-state index contributed by atoms with van der Waals surface area (Å²) in [5.74, 6) is -0.155. The second-order valence-corrected chi connectivity index (χ2v) is 5.60. The maximum Gasteiger partial charge on any atom is 0.279 e. The van der Waals surface area contributed by atoms with Crippen LogP contribution >= 0.6 is 0 Å². The maximum absolute atomic E-state index is 11.7. The third kappa shape index (κ3) is 4.46. The van der Waals surface area contributed by atoms with Crippen LogP contribution in [-0.4, -0.2) is 44.8 Å². The van der Waals surface area contributed by atoms with Crippen molar-refractivity contribution in [2.45, 2.75) is 26.2 Å². The maximum atomic E-state index is 11.7. The molecule has 0 radical (unpaired) electrons. The van der Waals surface area contributed by atoms with Gasteiger partial charge < -0.3 is 5.32 Å². The molecule has 16 heavy (non-hydrogen) atoms. The number of amides is 1. The van der Waals surface area contributed by atoms with Gasteiger partial charge in [0.2, 0.25) is 5.91 Å². The Morgan fingerprint density at radius 1 is 1.19 bits per heavy atom. The summed E-state index contributed by atoms with van der Waals surface area (Å²) in [6.07, 6.45) is 2.94. The highest BCUT2D eigenvalue weighted by molar-refractivity contribution is 7.87. The van der Waals surface area contributed by atoms with E-state index in [1.54, 1.807) is 0 Å². The van der Waals surface area contributed by atoms with Gasteiger partial charge in [-0.1, -0.05) is 6.42 Å². The second kappa shape index (κ2) is 6.17. The van der Waals surface area contributed by atoms with Crippen LogP contribution in [0.15, 0.2) is 0 Å². The van der Waals surface area contributed by atoms with Crippen molar-refractivity contribution in [2.75, 3.05) is 26.2 Å². The van der Waals surface area contributed by atoms with Crippen molar-refractivity contribution < 1.29 is 13.2 Å². The van der Waals surface area contributed by atoms with Crippen LogP contribution < -0.4 is 10.0 Å². The second-order valence-electron chi connectivity index (χ2n) is 3.84. The van der Waals surface area contributed by atoms with Gasteiger partial charge in [-0.15, -0.1) is 0 Å². The smallest absolute Gasteiger partial charge is 0.279 e. The molecule has 1 amide bonds. The van der Waals surface area contributed by atoms with Gasteiger partial charge in [-0.2, -0.15) is 12.7 Å². The topological polar surface area (TPSA) is 78.5 Å². The normalized spacial score (nSPS) is 18.3. The summed E-state index contributed by atoms with van der Waals surface area (Å²) in [5.41, 5.74) is 0. The Morgan fingerprint density at radius 2 is 1.81 bits per heavy atom. The molecule has 0 atom stereocenters. The molecule has 2 N–H and O–H groups in total. The van der Waals surface area contributed by atoms with Crippen molar-refractivity contribution in [3.05, 3.63) is 0 Å². The van der Waals surface area contributed by atoms with E-state index in [1.807, 2.05) is 0 Å². The van der Waals surface area contributed by atoms with E-state index in [0.717, 1.165) is 19.3 Å². The number of nitrogens with one attached hydrogen (secondary N) is 2. The fourth-order valence-electron chi connectivity index (χ4n) is 1.62. The van der Waals surface area contributed by atoms with Gasteiger partial charge in [-0.3, -0.25) is 4.79 Å². The number of piperidine rings is 1. The van der Waals surface area contributed by atoms with E-state index in [-0.39, 0.29) is 12.5 Å². The van der Waals surface area contributed by atoms with E-state index < -0.39 is 10.2 Å². The van der Waals surface area contributed by atoms with E-state index in [0.29, 0.717) is 19.6 Å². The molecule has 1 aliphatic heterocycles. The average molecular weight is 249 g/mol. The predicted octanol–water partition coefficient (Wildman–Crippen LogP) is -0.557. The van der Waals surface area contributed by atoms with E-state index in [9.17, 15) is 13.2 Å². The van der Waals surface area contributed by atoms with Crippen molar-refractivity contribution in [1.82, 2.24) is 14.3 Å². The fourth-order valence-corrected chi connectivity index (χ4v) is 2.90. The number of carbonyl (C=O) groups excluding carboxylic acids is 1. The van der Waals surface area contributed by atoms with Crippen LogP contribution in [0.4, 0.5) is 0 Å². The van der Waals surface area contributed by atoms with E-state index >= 15 is 0 Å². The molecule has 0 bridgehead atoms. The van der Waals surface area contributed by atoms with Crippen LogP contribution in [0.2, 0.25) is 0 Å². The van der Waals surface area contributed by atoms with E-state index in [4.69, 9.17) is 0 Å². The number of hydrogen-bond donors (Lipinski definition) is 2. The van der Waals surface area contributed by atoms with Crippen LogP contribution in [0.3, 0.4) is 0 Å². The van der Waals surface area contributed by atoms with Crippen molar-refractivity contribution in [3.8, 4) is 0 Å². The zero-order valence-electron chi connectivity index (χ0n) is 9.53. The minimum Gasteiger partial charge on any atom is -0.355 e. The summed E-state index contributed by atoms with van der Waals surface area (Å²) >= 11 is 0. The average Bonchev–Trinajstić information content (AvgIpc) is 2.26. The molecule has 1 fully saturated rings. The van der Waals surface area contributed by atoms with Gasteiger partial charge in [0.05, 0.1) is 0 Å².